The summed E-state index contributed by atoms with van der Waals surface area (Å²) in [5, 5.41) is 3.79. The third-order valence-corrected chi connectivity index (χ3v) is 6.26. The number of amides is 1. The fourth-order valence-electron chi connectivity index (χ4n) is 3.28. The van der Waals surface area contributed by atoms with E-state index in [1.165, 1.54) is 7.11 Å². The molecule has 0 saturated heterocycles. The summed E-state index contributed by atoms with van der Waals surface area (Å²) in [5.41, 5.74) is 2.42. The molecule has 152 valence electrons. The minimum atomic E-state index is -3.67. The Bertz CT molecular complexity index is 950. The van der Waals surface area contributed by atoms with E-state index in [0.717, 1.165) is 11.1 Å². The number of nitrogens with one attached hydrogen (secondary N) is 1. The van der Waals surface area contributed by atoms with Crippen LogP contribution in [0.2, 0.25) is 0 Å². The van der Waals surface area contributed by atoms with Crippen molar-refractivity contribution < 1.29 is 22.5 Å². The first kappa shape index (κ1) is 20.5. The fourth-order valence-corrected chi connectivity index (χ4v) is 4.33. The molecule has 0 fully saturated rings. The lowest BCUT2D eigenvalue weighted by molar-refractivity contribution is -0.143. The topological polar surface area (TPSA) is 102 Å². The standard InChI is InChI=1S/C19H25N3O5S/c1-4-18(26-3)19(23)22-8-7-14-10-17(6-5-15(14)12-22)28(24,25)20-11-16-9-13(2)27-21-16/h5-6,9-10,18,20H,4,7-8,11-12H2,1-3H3/t18-/m1/s1. The normalized spacial score (nSPS) is 15.3. The summed E-state index contributed by atoms with van der Waals surface area (Å²) in [7, 11) is -2.13. The minimum absolute atomic E-state index is 0.0306. The van der Waals surface area contributed by atoms with E-state index >= 15 is 0 Å². The van der Waals surface area contributed by atoms with Crippen LogP contribution in [-0.4, -0.2) is 44.1 Å². The van der Waals surface area contributed by atoms with Crippen LogP contribution < -0.4 is 4.72 Å². The number of hydrogen-bond donors (Lipinski definition) is 1. The molecule has 0 radical (unpaired) electrons. The number of nitrogens with zero attached hydrogens (tertiary/aromatic N) is 2. The van der Waals surface area contributed by atoms with Crippen molar-refractivity contribution in [1.29, 1.82) is 0 Å². The largest absolute Gasteiger partial charge is 0.372 e. The number of hydrogen-bond acceptors (Lipinski definition) is 6. The molecule has 1 atom stereocenters. The van der Waals surface area contributed by atoms with Gasteiger partial charge in [-0.1, -0.05) is 18.1 Å². The summed E-state index contributed by atoms with van der Waals surface area (Å²) in [4.78, 5) is 14.5. The number of aromatic nitrogens is 1. The van der Waals surface area contributed by atoms with Crippen molar-refractivity contribution in [2.45, 2.75) is 50.8 Å². The maximum absolute atomic E-state index is 12.6. The number of fused-ring (bicyclic) bond motifs is 1. The maximum Gasteiger partial charge on any atom is 0.251 e. The molecular weight excluding hydrogens is 382 g/mol. The predicted octanol–water partition coefficient (Wildman–Crippen LogP) is 1.77. The van der Waals surface area contributed by atoms with Gasteiger partial charge in [-0.3, -0.25) is 4.79 Å². The molecule has 1 amide bonds. The molecule has 1 aliphatic heterocycles. The first-order valence-corrected chi connectivity index (χ1v) is 10.7. The number of benzene rings is 1. The third kappa shape index (κ3) is 4.43. The minimum Gasteiger partial charge on any atom is -0.372 e. The Morgan fingerprint density at radius 2 is 2.14 bits per heavy atom. The first-order chi connectivity index (χ1) is 13.3. The van der Waals surface area contributed by atoms with Crippen LogP contribution >= 0.6 is 0 Å². The Kier molecular flexibility index (Phi) is 6.17. The van der Waals surface area contributed by atoms with Gasteiger partial charge in [-0.25, -0.2) is 13.1 Å². The van der Waals surface area contributed by atoms with Crippen LogP contribution in [0.1, 0.15) is 35.9 Å². The van der Waals surface area contributed by atoms with Crippen LogP contribution in [0, 0.1) is 6.92 Å². The Morgan fingerprint density at radius 1 is 1.36 bits per heavy atom. The van der Waals surface area contributed by atoms with Gasteiger partial charge in [-0.2, -0.15) is 0 Å². The summed E-state index contributed by atoms with van der Waals surface area (Å²) >= 11 is 0. The van der Waals surface area contributed by atoms with Crippen LogP contribution in [0.5, 0.6) is 0 Å². The van der Waals surface area contributed by atoms with Crippen LogP contribution in [-0.2, 0) is 39.1 Å². The quantitative estimate of drug-likeness (QED) is 0.751. The molecule has 2 heterocycles. The predicted molar refractivity (Wildman–Crippen MR) is 102 cm³/mol. The zero-order valence-electron chi connectivity index (χ0n) is 16.3. The molecule has 0 unspecified atom stereocenters. The molecule has 9 heteroatoms. The van der Waals surface area contributed by atoms with E-state index in [2.05, 4.69) is 9.88 Å². The lowest BCUT2D eigenvalue weighted by Gasteiger charge is -2.31. The van der Waals surface area contributed by atoms with Crippen molar-refractivity contribution >= 4 is 15.9 Å². The second-order valence-corrected chi connectivity index (χ2v) is 8.59. The van der Waals surface area contributed by atoms with Gasteiger partial charge < -0.3 is 14.2 Å². The van der Waals surface area contributed by atoms with Crippen LogP contribution in [0.25, 0.3) is 0 Å². The highest BCUT2D eigenvalue weighted by molar-refractivity contribution is 7.89. The molecule has 1 N–H and O–H groups in total. The Hall–Kier alpha value is -2.23. The molecule has 3 rings (SSSR count). The molecule has 2 aromatic rings. The lowest BCUT2D eigenvalue weighted by Crippen LogP contribution is -2.42. The number of carbonyl (C=O) groups excluding carboxylic acids is 1. The Balaban J connectivity index is 1.71. The van der Waals surface area contributed by atoms with Gasteiger partial charge in [-0.05, 0) is 43.0 Å². The lowest BCUT2D eigenvalue weighted by atomic mass is 9.99. The summed E-state index contributed by atoms with van der Waals surface area (Å²) in [6.07, 6.45) is 0.783. The number of aryl methyl sites for hydroxylation is 1. The van der Waals surface area contributed by atoms with Crippen molar-refractivity contribution in [1.82, 2.24) is 14.8 Å². The van der Waals surface area contributed by atoms with Crippen molar-refractivity contribution in [3.63, 3.8) is 0 Å². The second kappa shape index (κ2) is 8.42. The van der Waals surface area contributed by atoms with Gasteiger partial charge in [-0.15, -0.1) is 0 Å². The average Bonchev–Trinajstić information content (AvgIpc) is 3.12. The van der Waals surface area contributed by atoms with Crippen molar-refractivity contribution in [3.05, 3.63) is 46.8 Å². The van der Waals surface area contributed by atoms with Crippen LogP contribution in [0.4, 0.5) is 0 Å². The van der Waals surface area contributed by atoms with E-state index in [4.69, 9.17) is 9.26 Å². The molecule has 1 aliphatic rings. The van der Waals surface area contributed by atoms with E-state index in [1.54, 1.807) is 36.1 Å². The van der Waals surface area contributed by atoms with Gasteiger partial charge in [0.15, 0.2) is 0 Å². The van der Waals surface area contributed by atoms with Crippen molar-refractivity contribution in [2.24, 2.45) is 0 Å². The van der Waals surface area contributed by atoms with Gasteiger partial charge in [0.1, 0.15) is 11.9 Å². The zero-order chi connectivity index (χ0) is 20.3. The molecule has 28 heavy (non-hydrogen) atoms. The molecule has 0 bridgehead atoms. The highest BCUT2D eigenvalue weighted by atomic mass is 32.2. The van der Waals surface area contributed by atoms with Crippen LogP contribution in [0.15, 0.2) is 33.7 Å². The summed E-state index contributed by atoms with van der Waals surface area (Å²) in [6, 6.07) is 6.71. The SMILES string of the molecule is CC[C@@H](OC)C(=O)N1CCc2cc(S(=O)(=O)NCc3cc(C)on3)ccc2C1. The number of carbonyl (C=O) groups is 1. The highest BCUT2D eigenvalue weighted by Gasteiger charge is 2.27. The van der Waals surface area contributed by atoms with E-state index in [1.807, 2.05) is 6.92 Å². The molecular formula is C19H25N3O5S. The van der Waals surface area contributed by atoms with Gasteiger partial charge in [0.05, 0.1) is 17.1 Å². The maximum atomic E-state index is 12.6. The zero-order valence-corrected chi connectivity index (χ0v) is 17.1. The van der Waals surface area contributed by atoms with Gasteiger partial charge in [0.2, 0.25) is 10.0 Å². The monoisotopic (exact) mass is 407 g/mol. The number of sulfonamides is 1. The van der Waals surface area contributed by atoms with E-state index in [-0.39, 0.29) is 17.3 Å². The van der Waals surface area contributed by atoms with Crippen molar-refractivity contribution in [2.75, 3.05) is 13.7 Å². The van der Waals surface area contributed by atoms with Gasteiger partial charge >= 0.3 is 0 Å². The number of ether oxygens (including phenoxy) is 1. The van der Waals surface area contributed by atoms with Crippen molar-refractivity contribution in [3.8, 4) is 0 Å². The average molecular weight is 407 g/mol. The number of rotatable bonds is 7. The Labute approximate surface area is 164 Å². The van der Waals surface area contributed by atoms with E-state index in [0.29, 0.717) is 37.4 Å². The first-order valence-electron chi connectivity index (χ1n) is 9.19. The van der Waals surface area contributed by atoms with Gasteiger partial charge in [0, 0.05) is 26.3 Å². The number of methoxy groups -OCH3 is 1. The summed E-state index contributed by atoms with van der Waals surface area (Å²) in [6.45, 7) is 4.72. The summed E-state index contributed by atoms with van der Waals surface area (Å²) < 4.78 is 37.9. The molecule has 0 spiro atoms. The smallest absolute Gasteiger partial charge is 0.251 e. The Morgan fingerprint density at radius 3 is 2.79 bits per heavy atom. The summed E-state index contributed by atoms with van der Waals surface area (Å²) in [5.74, 6) is 0.595. The van der Waals surface area contributed by atoms with Crippen LogP contribution in [0.3, 0.4) is 0 Å². The molecule has 8 nitrogen and oxygen atoms in total. The second-order valence-electron chi connectivity index (χ2n) is 6.83. The van der Waals surface area contributed by atoms with Gasteiger partial charge in [0.25, 0.3) is 5.91 Å². The van der Waals surface area contributed by atoms with E-state index in [9.17, 15) is 13.2 Å². The molecule has 0 aliphatic carbocycles. The molecule has 0 saturated carbocycles. The van der Waals surface area contributed by atoms with E-state index < -0.39 is 16.1 Å². The highest BCUT2D eigenvalue weighted by Crippen LogP contribution is 2.23. The third-order valence-electron chi connectivity index (χ3n) is 4.86. The molecule has 1 aromatic heterocycles. The fraction of sp³-hybridized carbons (Fsp3) is 0.474. The molecule has 1 aromatic carbocycles.